The van der Waals surface area contributed by atoms with Crippen LogP contribution in [0.25, 0.3) is 0 Å². The Kier molecular flexibility index (Phi) is 3.85. The molecule has 1 aromatic heterocycles. The van der Waals surface area contributed by atoms with Crippen LogP contribution in [0.15, 0.2) is 18.2 Å². The van der Waals surface area contributed by atoms with E-state index in [0.29, 0.717) is 6.04 Å². The highest BCUT2D eigenvalue weighted by molar-refractivity contribution is 5.37. The minimum Gasteiger partial charge on any atom is -0.313 e. The highest BCUT2D eigenvalue weighted by Gasteiger charge is 2.20. The van der Waals surface area contributed by atoms with Gasteiger partial charge in [-0.15, -0.1) is 0 Å². The van der Waals surface area contributed by atoms with Gasteiger partial charge < -0.3 is 5.32 Å². The molecule has 1 atom stereocenters. The van der Waals surface area contributed by atoms with Crippen LogP contribution in [0.2, 0.25) is 0 Å². The smallest absolute Gasteiger partial charge is 0.0644 e. The van der Waals surface area contributed by atoms with Crippen molar-refractivity contribution in [2.75, 3.05) is 7.05 Å². The van der Waals surface area contributed by atoms with E-state index in [2.05, 4.69) is 42.5 Å². The van der Waals surface area contributed by atoms with Crippen molar-refractivity contribution in [1.82, 2.24) is 15.1 Å². The van der Waals surface area contributed by atoms with Crippen LogP contribution in [0, 0.1) is 13.8 Å². The molecule has 2 aromatic rings. The Morgan fingerprint density at radius 2 is 2.00 bits per heavy atom. The Bertz CT molecular complexity index is 655. The van der Waals surface area contributed by atoms with Gasteiger partial charge in [0.25, 0.3) is 0 Å². The van der Waals surface area contributed by atoms with Gasteiger partial charge >= 0.3 is 0 Å². The zero-order valence-corrected chi connectivity index (χ0v) is 13.5. The highest BCUT2D eigenvalue weighted by Crippen LogP contribution is 2.27. The molecular weight excluding hydrogens is 258 g/mol. The lowest BCUT2D eigenvalue weighted by Crippen LogP contribution is -2.20. The van der Waals surface area contributed by atoms with Gasteiger partial charge in [0.15, 0.2) is 0 Å². The van der Waals surface area contributed by atoms with Gasteiger partial charge in [-0.2, -0.15) is 5.10 Å². The molecule has 0 saturated heterocycles. The maximum Gasteiger partial charge on any atom is 0.0644 e. The first-order valence-electron chi connectivity index (χ1n) is 7.88. The summed E-state index contributed by atoms with van der Waals surface area (Å²) in [6.07, 6.45) is 4.84. The summed E-state index contributed by atoms with van der Waals surface area (Å²) in [5.74, 6) is 0. The van der Waals surface area contributed by atoms with E-state index in [1.54, 1.807) is 11.1 Å². The average Bonchev–Trinajstić information content (AvgIpc) is 3.02. The van der Waals surface area contributed by atoms with Crippen LogP contribution < -0.4 is 5.32 Å². The van der Waals surface area contributed by atoms with Crippen molar-refractivity contribution < 1.29 is 0 Å². The number of nitrogens with one attached hydrogen (secondary N) is 1. The van der Waals surface area contributed by atoms with Crippen LogP contribution in [0.4, 0.5) is 0 Å². The fourth-order valence-corrected chi connectivity index (χ4v) is 3.63. The lowest BCUT2D eigenvalue weighted by molar-refractivity contribution is 0.584. The van der Waals surface area contributed by atoms with Gasteiger partial charge in [-0.25, -0.2) is 0 Å². The third-order valence-corrected chi connectivity index (χ3v) is 4.86. The van der Waals surface area contributed by atoms with E-state index in [1.807, 2.05) is 18.8 Å². The fraction of sp³-hybridized carbons (Fsp3) is 0.500. The van der Waals surface area contributed by atoms with Gasteiger partial charge in [0.05, 0.1) is 5.69 Å². The maximum absolute atomic E-state index is 4.56. The molecule has 1 aromatic carbocycles. The number of aromatic nitrogens is 2. The van der Waals surface area contributed by atoms with Gasteiger partial charge in [-0.05, 0) is 63.3 Å². The molecule has 1 N–H and O–H groups in total. The number of nitrogens with zero attached hydrogens (tertiary/aromatic N) is 2. The summed E-state index contributed by atoms with van der Waals surface area (Å²) in [6, 6.07) is 7.37. The van der Waals surface area contributed by atoms with Crippen LogP contribution in [-0.2, 0) is 26.3 Å². The van der Waals surface area contributed by atoms with Crippen LogP contribution in [0.5, 0.6) is 0 Å². The molecule has 1 heterocycles. The van der Waals surface area contributed by atoms with Crippen LogP contribution >= 0.6 is 0 Å². The first-order chi connectivity index (χ1) is 10.1. The second kappa shape index (κ2) is 5.64. The minimum absolute atomic E-state index is 0.332. The highest BCUT2D eigenvalue weighted by atomic mass is 15.3. The number of hydrogen-bond donors (Lipinski definition) is 1. The van der Waals surface area contributed by atoms with Crippen molar-refractivity contribution in [3.05, 3.63) is 51.8 Å². The Morgan fingerprint density at radius 1 is 1.24 bits per heavy atom. The minimum atomic E-state index is 0.332. The fourth-order valence-electron chi connectivity index (χ4n) is 3.63. The molecule has 0 radical (unpaired) electrons. The zero-order valence-electron chi connectivity index (χ0n) is 13.5. The molecule has 112 valence electrons. The predicted molar refractivity (Wildman–Crippen MR) is 86.7 cm³/mol. The molecule has 0 saturated carbocycles. The number of benzene rings is 1. The molecule has 0 fully saturated rings. The number of aryl methyl sites for hydroxylation is 4. The lowest BCUT2D eigenvalue weighted by Gasteiger charge is -2.18. The summed E-state index contributed by atoms with van der Waals surface area (Å²) in [7, 11) is 4.07. The molecule has 3 nitrogen and oxygen atoms in total. The number of fused-ring (bicyclic) bond motifs is 1. The monoisotopic (exact) mass is 283 g/mol. The first kappa shape index (κ1) is 14.3. The zero-order chi connectivity index (χ0) is 15.0. The summed E-state index contributed by atoms with van der Waals surface area (Å²) in [5.41, 5.74) is 8.28. The van der Waals surface area contributed by atoms with Crippen molar-refractivity contribution in [3.8, 4) is 0 Å². The van der Waals surface area contributed by atoms with Crippen molar-refractivity contribution in [1.29, 1.82) is 0 Å². The van der Waals surface area contributed by atoms with E-state index in [-0.39, 0.29) is 0 Å². The Morgan fingerprint density at radius 3 is 2.67 bits per heavy atom. The van der Waals surface area contributed by atoms with Gasteiger partial charge in [-0.1, -0.05) is 18.2 Å². The second-order valence-corrected chi connectivity index (χ2v) is 6.21. The summed E-state index contributed by atoms with van der Waals surface area (Å²) in [6.45, 7) is 4.26. The number of likely N-dealkylation sites (N-methyl/N-ethyl adjacent to an activating group) is 1. The average molecular weight is 283 g/mol. The molecular formula is C18H25N3. The summed E-state index contributed by atoms with van der Waals surface area (Å²) >= 11 is 0. The van der Waals surface area contributed by atoms with E-state index in [4.69, 9.17) is 0 Å². The van der Waals surface area contributed by atoms with Crippen LogP contribution in [-0.4, -0.2) is 16.8 Å². The first-order valence-corrected chi connectivity index (χ1v) is 7.88. The molecule has 21 heavy (non-hydrogen) atoms. The van der Waals surface area contributed by atoms with Crippen molar-refractivity contribution >= 4 is 0 Å². The molecule has 3 heteroatoms. The van der Waals surface area contributed by atoms with E-state index >= 15 is 0 Å². The van der Waals surface area contributed by atoms with Crippen molar-refractivity contribution in [2.45, 2.75) is 45.6 Å². The van der Waals surface area contributed by atoms with E-state index in [1.165, 1.54) is 36.1 Å². The summed E-state index contributed by atoms with van der Waals surface area (Å²) < 4.78 is 1.98. The Labute approximate surface area is 127 Å². The third kappa shape index (κ3) is 2.62. The number of hydrogen-bond acceptors (Lipinski definition) is 2. The van der Waals surface area contributed by atoms with Gasteiger partial charge in [-0.3, -0.25) is 4.68 Å². The van der Waals surface area contributed by atoms with Gasteiger partial charge in [0, 0.05) is 24.3 Å². The molecule has 1 aliphatic carbocycles. The molecule has 1 unspecified atom stereocenters. The normalized spacial score (nSPS) is 15.2. The quantitative estimate of drug-likeness (QED) is 0.934. The molecule has 3 rings (SSSR count). The molecule has 0 aliphatic heterocycles. The largest absolute Gasteiger partial charge is 0.313 e. The molecule has 0 spiro atoms. The Balaban J connectivity index is 1.87. The number of rotatable bonds is 4. The molecule has 1 aliphatic rings. The second-order valence-electron chi connectivity index (χ2n) is 6.21. The van der Waals surface area contributed by atoms with E-state index in [9.17, 15) is 0 Å². The maximum atomic E-state index is 4.56. The Hall–Kier alpha value is -1.61. The molecule has 0 bridgehead atoms. The third-order valence-electron chi connectivity index (χ3n) is 4.86. The van der Waals surface area contributed by atoms with Crippen molar-refractivity contribution in [3.63, 3.8) is 0 Å². The topological polar surface area (TPSA) is 29.9 Å². The standard InChI is InChI=1S/C18H25N3/c1-12-18(13(2)21(4)20-12)17(19-3)11-14-8-9-15-6-5-7-16(15)10-14/h8-10,17,19H,5-7,11H2,1-4H3. The van der Waals surface area contributed by atoms with Gasteiger partial charge in [0.1, 0.15) is 0 Å². The van der Waals surface area contributed by atoms with E-state index in [0.717, 1.165) is 12.1 Å². The molecule has 0 amide bonds. The lowest BCUT2D eigenvalue weighted by atomic mass is 9.95. The van der Waals surface area contributed by atoms with Crippen molar-refractivity contribution in [2.24, 2.45) is 7.05 Å². The van der Waals surface area contributed by atoms with Crippen LogP contribution in [0.3, 0.4) is 0 Å². The summed E-state index contributed by atoms with van der Waals surface area (Å²) in [5, 5.41) is 8.03. The van der Waals surface area contributed by atoms with Gasteiger partial charge in [0.2, 0.25) is 0 Å². The summed E-state index contributed by atoms with van der Waals surface area (Å²) in [4.78, 5) is 0. The van der Waals surface area contributed by atoms with E-state index < -0.39 is 0 Å². The predicted octanol–water partition coefficient (Wildman–Crippen LogP) is 3.03. The van der Waals surface area contributed by atoms with Crippen LogP contribution in [0.1, 0.15) is 46.1 Å². The SMILES string of the molecule is CNC(Cc1ccc2c(c1)CCC2)c1c(C)nn(C)c1C.